The van der Waals surface area contributed by atoms with Gasteiger partial charge in [0, 0.05) is 31.2 Å². The van der Waals surface area contributed by atoms with E-state index >= 15 is 0 Å². The zero-order valence-corrected chi connectivity index (χ0v) is 12.4. The molecule has 20 heavy (non-hydrogen) atoms. The van der Waals surface area contributed by atoms with Gasteiger partial charge in [-0.1, -0.05) is 13.8 Å². The molecular weight excluding hydrogens is 258 g/mol. The molecule has 0 aromatic carbocycles. The number of rotatable bonds is 4. The third-order valence-electron chi connectivity index (χ3n) is 3.90. The highest BCUT2D eigenvalue weighted by Crippen LogP contribution is 2.12. The molecule has 1 aromatic rings. The zero-order valence-electron chi connectivity index (χ0n) is 12.4. The zero-order chi connectivity index (χ0) is 14.7. The van der Waals surface area contributed by atoms with E-state index in [0.29, 0.717) is 17.8 Å². The molecule has 0 saturated carbocycles. The van der Waals surface area contributed by atoms with E-state index in [2.05, 4.69) is 24.1 Å². The van der Waals surface area contributed by atoms with Crippen LogP contribution in [0.15, 0.2) is 15.4 Å². The Morgan fingerprint density at radius 1 is 1.45 bits per heavy atom. The number of nitrogens with zero attached hydrogens (tertiary/aromatic N) is 2. The number of carbonyl (C=O) groups excluding carboxylic acids is 1. The monoisotopic (exact) mass is 281 g/mol. The molecule has 2 rings (SSSR count). The number of piperazine rings is 1. The first-order valence-electron chi connectivity index (χ1n) is 7.25. The van der Waals surface area contributed by atoms with E-state index in [1.165, 1.54) is 6.07 Å². The maximum atomic E-state index is 12.2. The van der Waals surface area contributed by atoms with E-state index in [9.17, 15) is 9.59 Å². The summed E-state index contributed by atoms with van der Waals surface area (Å²) in [5.74, 6) is 0.167. The van der Waals surface area contributed by atoms with Crippen LogP contribution in [0.2, 0.25) is 0 Å². The second-order valence-corrected chi connectivity index (χ2v) is 5.38. The van der Waals surface area contributed by atoms with Crippen LogP contribution in [0.1, 0.15) is 37.2 Å². The lowest BCUT2D eigenvalue weighted by molar-refractivity contribution is 0.0610. The second kappa shape index (κ2) is 6.37. The maximum Gasteiger partial charge on any atom is 0.290 e. The maximum absolute atomic E-state index is 12.2. The molecule has 1 aliphatic heterocycles. The fourth-order valence-electron chi connectivity index (χ4n) is 2.66. The summed E-state index contributed by atoms with van der Waals surface area (Å²) in [6.45, 7) is 7.84. The Balaban J connectivity index is 2.08. The lowest BCUT2D eigenvalue weighted by Crippen LogP contribution is -2.57. The predicted octanol–water partition coefficient (Wildman–Crippen LogP) is 0.852. The number of hydrogen-bond donors (Lipinski definition) is 1. The molecule has 1 fully saturated rings. The molecule has 112 valence electrons. The minimum absolute atomic E-state index is 0.226. The highest BCUT2D eigenvalue weighted by molar-refractivity contribution is 5.79. The third kappa shape index (κ3) is 3.19. The molecule has 1 aliphatic rings. The minimum Gasteiger partial charge on any atom is -0.373 e. The summed E-state index contributed by atoms with van der Waals surface area (Å²) in [5, 5.41) is 3.48. The highest BCUT2D eigenvalue weighted by atomic mass is 16.5. The van der Waals surface area contributed by atoms with Crippen molar-refractivity contribution in [3.8, 4) is 0 Å². The van der Waals surface area contributed by atoms with E-state index in [1.54, 1.807) is 6.92 Å². The summed E-state index contributed by atoms with van der Waals surface area (Å²) >= 11 is 0. The van der Waals surface area contributed by atoms with Crippen molar-refractivity contribution in [3.05, 3.63) is 22.2 Å². The van der Waals surface area contributed by atoms with Gasteiger partial charge in [0.1, 0.15) is 5.76 Å². The fraction of sp³-hybridized carbons (Fsp3) is 0.714. The molecule has 6 heteroatoms. The first kappa shape index (κ1) is 15.0. The van der Waals surface area contributed by atoms with Crippen LogP contribution in [0, 0.1) is 6.92 Å². The summed E-state index contributed by atoms with van der Waals surface area (Å²) < 4.78 is 6.02. The van der Waals surface area contributed by atoms with E-state index in [4.69, 9.17) is 4.52 Å². The lowest BCUT2D eigenvalue weighted by Gasteiger charge is -2.39. The smallest absolute Gasteiger partial charge is 0.290 e. The van der Waals surface area contributed by atoms with Gasteiger partial charge in [-0.15, -0.1) is 4.74 Å². The largest absolute Gasteiger partial charge is 0.373 e. The Kier molecular flexibility index (Phi) is 4.77. The van der Waals surface area contributed by atoms with Crippen LogP contribution in [0.4, 0.5) is 0 Å². The van der Waals surface area contributed by atoms with Crippen molar-refractivity contribution >= 4 is 5.91 Å². The van der Waals surface area contributed by atoms with E-state index in [0.717, 1.165) is 30.7 Å². The van der Waals surface area contributed by atoms with Gasteiger partial charge >= 0.3 is 0 Å². The Morgan fingerprint density at radius 3 is 2.75 bits per heavy atom. The van der Waals surface area contributed by atoms with Crippen molar-refractivity contribution in [1.29, 1.82) is 0 Å². The van der Waals surface area contributed by atoms with Gasteiger partial charge in [0.25, 0.3) is 11.5 Å². The lowest BCUT2D eigenvalue weighted by atomic mass is 10.1. The fourth-order valence-corrected chi connectivity index (χ4v) is 2.66. The molecule has 0 amide bonds. The van der Waals surface area contributed by atoms with Gasteiger partial charge in [-0.05, 0) is 19.8 Å². The molecule has 1 saturated heterocycles. The summed E-state index contributed by atoms with van der Waals surface area (Å²) in [5.41, 5.74) is -0.386. The summed E-state index contributed by atoms with van der Waals surface area (Å²) in [6.07, 6.45) is 2.00. The Hall–Kier alpha value is -1.40. The van der Waals surface area contributed by atoms with E-state index in [1.807, 2.05) is 0 Å². The summed E-state index contributed by atoms with van der Waals surface area (Å²) in [6, 6.07) is 2.07. The average Bonchev–Trinajstić information content (AvgIpc) is 2.77. The van der Waals surface area contributed by atoms with E-state index in [-0.39, 0.29) is 18.0 Å². The molecule has 6 nitrogen and oxygen atoms in total. The van der Waals surface area contributed by atoms with Gasteiger partial charge < -0.3 is 9.84 Å². The number of aromatic nitrogens is 1. The molecule has 0 aliphatic carbocycles. The standard InChI is InChI=1S/C14H23N3O3/c1-4-11-8-16(12(5-2)7-15-11)9-14(19)17-13(18)6-10(3)20-17/h6,11-12,15H,4-5,7-9H2,1-3H3. The SMILES string of the molecule is CCC1CN(CC(=O)n2oc(C)cc2=O)C(CC)CN1. The first-order chi connectivity index (χ1) is 9.55. The summed E-state index contributed by atoms with van der Waals surface area (Å²) in [7, 11) is 0. The molecule has 0 bridgehead atoms. The van der Waals surface area contributed by atoms with Gasteiger partial charge in [0.05, 0.1) is 6.54 Å². The first-order valence-corrected chi connectivity index (χ1v) is 7.25. The Bertz CT molecular complexity index is 520. The molecule has 0 radical (unpaired) electrons. The predicted molar refractivity (Wildman–Crippen MR) is 76.1 cm³/mol. The molecule has 1 N–H and O–H groups in total. The number of nitrogens with one attached hydrogen (secondary N) is 1. The van der Waals surface area contributed by atoms with Gasteiger partial charge in [0.15, 0.2) is 0 Å². The molecule has 1 aromatic heterocycles. The average molecular weight is 281 g/mol. The van der Waals surface area contributed by atoms with Gasteiger partial charge in [0.2, 0.25) is 0 Å². The van der Waals surface area contributed by atoms with Crippen LogP contribution in [0.3, 0.4) is 0 Å². The topological polar surface area (TPSA) is 67.5 Å². The van der Waals surface area contributed by atoms with Crippen LogP contribution in [-0.2, 0) is 0 Å². The van der Waals surface area contributed by atoms with Crippen LogP contribution in [0.5, 0.6) is 0 Å². The molecule has 2 unspecified atom stereocenters. The van der Waals surface area contributed by atoms with Gasteiger partial charge in [-0.2, -0.15) is 0 Å². The Morgan fingerprint density at radius 2 is 2.20 bits per heavy atom. The van der Waals surface area contributed by atoms with Crippen molar-refractivity contribution in [3.63, 3.8) is 0 Å². The highest BCUT2D eigenvalue weighted by Gasteiger charge is 2.28. The van der Waals surface area contributed by atoms with Crippen LogP contribution < -0.4 is 10.9 Å². The van der Waals surface area contributed by atoms with Crippen molar-refractivity contribution in [2.75, 3.05) is 19.6 Å². The van der Waals surface area contributed by atoms with Crippen molar-refractivity contribution in [2.45, 2.75) is 45.7 Å². The Labute approximate surface area is 118 Å². The molecule has 2 heterocycles. The normalized spacial score (nSPS) is 23.9. The quantitative estimate of drug-likeness (QED) is 0.886. The number of hydrogen-bond acceptors (Lipinski definition) is 5. The van der Waals surface area contributed by atoms with Crippen molar-refractivity contribution in [2.24, 2.45) is 0 Å². The number of aryl methyl sites for hydroxylation is 1. The van der Waals surface area contributed by atoms with Gasteiger partial charge in [-0.25, -0.2) is 0 Å². The molecule has 0 spiro atoms. The van der Waals surface area contributed by atoms with Crippen LogP contribution in [0.25, 0.3) is 0 Å². The number of carbonyl (C=O) groups is 1. The van der Waals surface area contributed by atoms with E-state index < -0.39 is 0 Å². The van der Waals surface area contributed by atoms with Crippen LogP contribution >= 0.6 is 0 Å². The third-order valence-corrected chi connectivity index (χ3v) is 3.90. The molecular formula is C14H23N3O3. The molecule has 2 atom stereocenters. The van der Waals surface area contributed by atoms with Crippen LogP contribution in [-0.4, -0.2) is 47.3 Å². The minimum atomic E-state index is -0.386. The summed E-state index contributed by atoms with van der Waals surface area (Å²) in [4.78, 5) is 26.0. The second-order valence-electron chi connectivity index (χ2n) is 5.38. The van der Waals surface area contributed by atoms with Crippen molar-refractivity contribution in [1.82, 2.24) is 15.0 Å². The van der Waals surface area contributed by atoms with Crippen molar-refractivity contribution < 1.29 is 9.32 Å². The van der Waals surface area contributed by atoms with Gasteiger partial charge in [-0.3, -0.25) is 14.5 Å².